The molecule has 0 bridgehead atoms. The number of hydrogen-bond acceptors (Lipinski definition) is 5. The van der Waals surface area contributed by atoms with Gasteiger partial charge in [0.05, 0.1) is 23.7 Å². The van der Waals surface area contributed by atoms with E-state index >= 15 is 0 Å². The maximum atomic E-state index is 13.1. The highest BCUT2D eigenvalue weighted by Gasteiger charge is 2.24. The number of carbonyl (C=O) groups is 1. The number of nitriles is 1. The molecule has 2 aromatic heterocycles. The molecule has 0 spiro atoms. The van der Waals surface area contributed by atoms with Crippen LogP contribution in [0.15, 0.2) is 60.9 Å². The van der Waals surface area contributed by atoms with E-state index in [1.165, 1.54) is 0 Å². The van der Waals surface area contributed by atoms with Crippen molar-refractivity contribution >= 4 is 16.9 Å². The Kier molecular flexibility index (Phi) is 6.21. The minimum atomic E-state index is -0.00604. The summed E-state index contributed by atoms with van der Waals surface area (Å²) in [7, 11) is 0. The summed E-state index contributed by atoms with van der Waals surface area (Å²) in [6, 6.07) is 17.9. The van der Waals surface area contributed by atoms with Crippen LogP contribution in [0.2, 0.25) is 0 Å². The van der Waals surface area contributed by atoms with Gasteiger partial charge in [0.25, 0.3) is 5.91 Å². The van der Waals surface area contributed by atoms with Crippen LogP contribution in [-0.4, -0.2) is 53.1 Å². The number of pyridine rings is 1. The second kappa shape index (κ2) is 9.61. The van der Waals surface area contributed by atoms with Crippen molar-refractivity contribution in [3.63, 3.8) is 0 Å². The Morgan fingerprint density at radius 2 is 2.03 bits per heavy atom. The first-order chi connectivity index (χ1) is 17.0. The maximum Gasteiger partial charge on any atom is 0.257 e. The van der Waals surface area contributed by atoms with E-state index in [4.69, 9.17) is 4.74 Å². The van der Waals surface area contributed by atoms with E-state index < -0.39 is 0 Å². The van der Waals surface area contributed by atoms with Gasteiger partial charge in [-0.15, -0.1) is 0 Å². The van der Waals surface area contributed by atoms with Gasteiger partial charge in [-0.1, -0.05) is 32.0 Å². The Bertz CT molecular complexity index is 1430. The molecule has 4 aromatic rings. The highest BCUT2D eigenvalue weighted by molar-refractivity contribution is 5.99. The third kappa shape index (κ3) is 4.61. The number of amides is 1. The van der Waals surface area contributed by atoms with Crippen LogP contribution in [0.5, 0.6) is 5.75 Å². The monoisotopic (exact) mass is 465 g/mol. The molecule has 35 heavy (non-hydrogen) atoms. The van der Waals surface area contributed by atoms with Crippen LogP contribution in [0, 0.1) is 11.3 Å². The van der Waals surface area contributed by atoms with Crippen molar-refractivity contribution in [3.8, 4) is 34.1 Å². The van der Waals surface area contributed by atoms with Crippen molar-refractivity contribution in [2.45, 2.75) is 19.9 Å². The standard InChI is InChI=1S/C28H27N5O2/c1-18(2)30-8-9-33-10-11-35-26-14-20(6-7-23(26)28(33)34)22-13-24-25(17-32-27(24)31-16-22)21-5-3-4-19(12-21)15-29/h3-7,12-14,16-18,30H,8-11H2,1-2H3,(H,31,32). The quantitative estimate of drug-likeness (QED) is 0.434. The summed E-state index contributed by atoms with van der Waals surface area (Å²) in [6.07, 6.45) is 3.73. The molecule has 0 fully saturated rings. The van der Waals surface area contributed by atoms with Gasteiger partial charge < -0.3 is 19.9 Å². The number of nitrogens with zero attached hydrogens (tertiary/aromatic N) is 3. The van der Waals surface area contributed by atoms with Crippen LogP contribution in [0.25, 0.3) is 33.3 Å². The molecular weight excluding hydrogens is 438 g/mol. The van der Waals surface area contributed by atoms with E-state index in [9.17, 15) is 10.1 Å². The normalized spacial score (nSPS) is 13.4. The molecule has 1 amide bonds. The number of hydrogen-bond donors (Lipinski definition) is 2. The smallest absolute Gasteiger partial charge is 0.257 e. The van der Waals surface area contributed by atoms with E-state index in [0.717, 1.165) is 39.8 Å². The Morgan fingerprint density at radius 3 is 2.86 bits per heavy atom. The fourth-order valence-corrected chi connectivity index (χ4v) is 4.39. The highest BCUT2D eigenvalue weighted by atomic mass is 16.5. The van der Waals surface area contributed by atoms with Crippen LogP contribution in [0.4, 0.5) is 0 Å². The molecule has 0 saturated carbocycles. The van der Waals surface area contributed by atoms with E-state index in [0.29, 0.717) is 42.6 Å². The number of benzene rings is 2. The Morgan fingerprint density at radius 1 is 1.14 bits per heavy atom. The molecule has 2 aromatic carbocycles. The number of nitrogens with one attached hydrogen (secondary N) is 2. The van der Waals surface area contributed by atoms with Gasteiger partial charge >= 0.3 is 0 Å². The summed E-state index contributed by atoms with van der Waals surface area (Å²) in [5.41, 5.74) is 5.77. The van der Waals surface area contributed by atoms with Gasteiger partial charge in [0, 0.05) is 48.0 Å². The van der Waals surface area contributed by atoms with Crippen LogP contribution in [0.3, 0.4) is 0 Å². The lowest BCUT2D eigenvalue weighted by molar-refractivity contribution is 0.0756. The fourth-order valence-electron chi connectivity index (χ4n) is 4.39. The molecule has 0 aliphatic carbocycles. The van der Waals surface area contributed by atoms with Crippen molar-refractivity contribution in [2.75, 3.05) is 26.2 Å². The average Bonchev–Trinajstić information content (AvgIpc) is 3.23. The Labute approximate surface area is 204 Å². The van der Waals surface area contributed by atoms with Crippen molar-refractivity contribution < 1.29 is 9.53 Å². The molecule has 1 aliphatic rings. The molecule has 7 nitrogen and oxygen atoms in total. The first-order valence-electron chi connectivity index (χ1n) is 11.8. The van der Waals surface area contributed by atoms with E-state index in [-0.39, 0.29) is 5.91 Å². The zero-order valence-corrected chi connectivity index (χ0v) is 19.8. The van der Waals surface area contributed by atoms with Crippen LogP contribution in [0.1, 0.15) is 29.8 Å². The summed E-state index contributed by atoms with van der Waals surface area (Å²) >= 11 is 0. The first-order valence-corrected chi connectivity index (χ1v) is 11.8. The van der Waals surface area contributed by atoms with Crippen LogP contribution < -0.4 is 10.1 Å². The van der Waals surface area contributed by atoms with Gasteiger partial charge in [-0.05, 0) is 41.5 Å². The molecule has 0 atom stereocenters. The van der Waals surface area contributed by atoms with Gasteiger partial charge in [0.2, 0.25) is 0 Å². The molecule has 5 rings (SSSR count). The summed E-state index contributed by atoms with van der Waals surface area (Å²) in [5.74, 6) is 0.594. The van der Waals surface area contributed by atoms with Crippen molar-refractivity contribution in [3.05, 3.63) is 72.1 Å². The van der Waals surface area contributed by atoms with E-state index in [1.54, 1.807) is 6.07 Å². The minimum absolute atomic E-state index is 0.00604. The van der Waals surface area contributed by atoms with Crippen molar-refractivity contribution in [2.24, 2.45) is 0 Å². The molecule has 7 heteroatoms. The summed E-state index contributed by atoms with van der Waals surface area (Å²) < 4.78 is 5.99. The molecule has 1 aliphatic heterocycles. The predicted molar refractivity (Wildman–Crippen MR) is 136 cm³/mol. The predicted octanol–water partition coefficient (Wildman–Crippen LogP) is 4.60. The van der Waals surface area contributed by atoms with Crippen LogP contribution in [-0.2, 0) is 0 Å². The number of fused-ring (bicyclic) bond motifs is 2. The van der Waals surface area contributed by atoms with Crippen molar-refractivity contribution in [1.29, 1.82) is 5.26 Å². The molecule has 0 radical (unpaired) electrons. The lowest BCUT2D eigenvalue weighted by atomic mass is 10.00. The van der Waals surface area contributed by atoms with Gasteiger partial charge in [0.1, 0.15) is 18.0 Å². The van der Waals surface area contributed by atoms with E-state index in [2.05, 4.69) is 41.3 Å². The minimum Gasteiger partial charge on any atom is -0.491 e. The van der Waals surface area contributed by atoms with Gasteiger partial charge in [-0.2, -0.15) is 5.26 Å². The number of aromatic amines is 1. The number of carbonyl (C=O) groups excluding carboxylic acids is 1. The fraction of sp³-hybridized carbons (Fsp3) is 0.250. The Hall–Kier alpha value is -4.15. The highest BCUT2D eigenvalue weighted by Crippen LogP contribution is 2.34. The van der Waals surface area contributed by atoms with Crippen molar-refractivity contribution in [1.82, 2.24) is 20.2 Å². The van der Waals surface area contributed by atoms with E-state index in [1.807, 2.05) is 53.7 Å². The summed E-state index contributed by atoms with van der Waals surface area (Å²) in [4.78, 5) is 22.8. The number of ether oxygens (including phenoxy) is 1. The summed E-state index contributed by atoms with van der Waals surface area (Å²) in [5, 5.41) is 13.6. The first kappa shape index (κ1) is 22.6. The second-order valence-corrected chi connectivity index (χ2v) is 8.98. The number of aromatic nitrogens is 2. The largest absolute Gasteiger partial charge is 0.491 e. The molecule has 2 N–H and O–H groups in total. The molecule has 0 saturated heterocycles. The molecule has 176 valence electrons. The average molecular weight is 466 g/mol. The topological polar surface area (TPSA) is 94.0 Å². The number of H-pyrrole nitrogens is 1. The lowest BCUT2D eigenvalue weighted by Crippen LogP contribution is -2.39. The third-order valence-corrected chi connectivity index (χ3v) is 6.22. The molecule has 0 unspecified atom stereocenters. The Balaban J connectivity index is 1.46. The maximum absolute atomic E-state index is 13.1. The van der Waals surface area contributed by atoms with Gasteiger partial charge in [-0.25, -0.2) is 4.98 Å². The summed E-state index contributed by atoms with van der Waals surface area (Å²) in [6.45, 7) is 6.60. The zero-order chi connectivity index (χ0) is 24.4. The second-order valence-electron chi connectivity index (χ2n) is 8.98. The molecular formula is C28H27N5O2. The third-order valence-electron chi connectivity index (χ3n) is 6.22. The SMILES string of the molecule is CC(C)NCCN1CCOc2cc(-c3cnc4[nH]cc(-c5cccc(C#N)c5)c4c3)ccc2C1=O. The van der Waals surface area contributed by atoms with Crippen LogP contribution >= 0.6 is 0 Å². The zero-order valence-electron chi connectivity index (χ0n) is 19.8. The van der Waals surface area contributed by atoms with Gasteiger partial charge in [-0.3, -0.25) is 4.79 Å². The lowest BCUT2D eigenvalue weighted by Gasteiger charge is -2.21. The van der Waals surface area contributed by atoms with Gasteiger partial charge in [0.15, 0.2) is 0 Å². The number of rotatable bonds is 6. The molecule has 3 heterocycles.